The third-order valence-corrected chi connectivity index (χ3v) is 3.68. The normalized spacial score (nSPS) is 10.3. The van der Waals surface area contributed by atoms with Crippen molar-refractivity contribution in [3.05, 3.63) is 77.8 Å². The Bertz CT molecular complexity index is 771. The summed E-state index contributed by atoms with van der Waals surface area (Å²) in [4.78, 5) is 0. The highest BCUT2D eigenvalue weighted by Gasteiger charge is 2.08. The minimum absolute atomic E-state index is 0.667. The van der Waals surface area contributed by atoms with Gasteiger partial charge in [0.05, 0.1) is 12.8 Å². The van der Waals surface area contributed by atoms with Crippen molar-refractivity contribution in [1.29, 1.82) is 0 Å². The monoisotopic (exact) mass is 309 g/mol. The summed E-state index contributed by atoms with van der Waals surface area (Å²) in [5.74, 6) is 0.757. The fraction of sp³-hybridized carbons (Fsp3) is 0.0526. The molecule has 110 valence electrons. The second kappa shape index (κ2) is 6.54. The zero-order chi connectivity index (χ0) is 15.4. The molecule has 3 heteroatoms. The van der Waals surface area contributed by atoms with Gasteiger partial charge in [0.1, 0.15) is 5.75 Å². The molecule has 0 fully saturated rings. The van der Waals surface area contributed by atoms with Gasteiger partial charge in [-0.1, -0.05) is 60.1 Å². The van der Waals surface area contributed by atoms with Crippen molar-refractivity contribution in [2.24, 2.45) is 0 Å². The summed E-state index contributed by atoms with van der Waals surface area (Å²) in [6.07, 6.45) is 0. The summed E-state index contributed by atoms with van der Waals surface area (Å²) >= 11 is 6.10. The fourth-order valence-electron chi connectivity index (χ4n) is 2.38. The Kier molecular flexibility index (Phi) is 4.31. The van der Waals surface area contributed by atoms with Crippen molar-refractivity contribution in [3.63, 3.8) is 0 Å². The molecule has 22 heavy (non-hydrogen) atoms. The molecule has 0 bridgehead atoms. The van der Waals surface area contributed by atoms with Crippen molar-refractivity contribution in [2.75, 3.05) is 12.4 Å². The van der Waals surface area contributed by atoms with Crippen LogP contribution in [0, 0.1) is 0 Å². The van der Waals surface area contributed by atoms with Gasteiger partial charge < -0.3 is 10.1 Å². The molecule has 0 aliphatic carbocycles. The van der Waals surface area contributed by atoms with E-state index in [9.17, 15) is 0 Å². The van der Waals surface area contributed by atoms with E-state index in [2.05, 4.69) is 23.5 Å². The maximum Gasteiger partial charge on any atom is 0.142 e. The summed E-state index contributed by atoms with van der Waals surface area (Å²) in [7, 11) is 1.65. The van der Waals surface area contributed by atoms with E-state index in [0.29, 0.717) is 5.02 Å². The van der Waals surface area contributed by atoms with Gasteiger partial charge in [-0.25, -0.2) is 0 Å². The summed E-state index contributed by atoms with van der Waals surface area (Å²) < 4.78 is 5.40. The third-order valence-electron chi connectivity index (χ3n) is 3.44. The Labute approximate surface area is 135 Å². The van der Waals surface area contributed by atoms with Crippen molar-refractivity contribution in [3.8, 4) is 16.9 Å². The Hall–Kier alpha value is -2.45. The highest BCUT2D eigenvalue weighted by atomic mass is 35.5. The molecule has 3 aromatic rings. The third kappa shape index (κ3) is 3.07. The van der Waals surface area contributed by atoms with Crippen molar-refractivity contribution in [1.82, 2.24) is 0 Å². The molecule has 0 heterocycles. The molecule has 2 nitrogen and oxygen atoms in total. The molecule has 0 saturated carbocycles. The van der Waals surface area contributed by atoms with E-state index >= 15 is 0 Å². The zero-order valence-corrected chi connectivity index (χ0v) is 13.0. The highest BCUT2D eigenvalue weighted by Crippen LogP contribution is 2.34. The molecule has 3 rings (SSSR count). The number of nitrogens with one attached hydrogen (secondary N) is 1. The summed E-state index contributed by atoms with van der Waals surface area (Å²) in [6.45, 7) is 0. The lowest BCUT2D eigenvalue weighted by Crippen LogP contribution is -1.96. The van der Waals surface area contributed by atoms with Gasteiger partial charge in [0.15, 0.2) is 0 Å². The minimum Gasteiger partial charge on any atom is -0.495 e. The predicted octanol–water partition coefficient (Wildman–Crippen LogP) is 5.76. The average molecular weight is 310 g/mol. The lowest BCUT2D eigenvalue weighted by atomic mass is 10.0. The number of rotatable bonds is 4. The summed E-state index contributed by atoms with van der Waals surface area (Å²) in [6, 6.07) is 24.0. The Morgan fingerprint density at radius 1 is 0.818 bits per heavy atom. The van der Waals surface area contributed by atoms with Crippen LogP contribution < -0.4 is 10.1 Å². The SMILES string of the molecule is COc1ccc(Cl)cc1Nc1ccccc1-c1ccccc1. The van der Waals surface area contributed by atoms with Crippen LogP contribution in [-0.2, 0) is 0 Å². The molecule has 0 saturated heterocycles. The quantitative estimate of drug-likeness (QED) is 0.661. The summed E-state index contributed by atoms with van der Waals surface area (Å²) in [5, 5.41) is 4.09. The molecule has 0 spiro atoms. The molecular formula is C19H16ClNO. The minimum atomic E-state index is 0.667. The number of para-hydroxylation sites is 1. The van der Waals surface area contributed by atoms with Gasteiger partial charge in [-0.15, -0.1) is 0 Å². The standard InChI is InChI=1S/C19H16ClNO/c1-22-19-12-11-15(20)13-18(19)21-17-10-6-5-9-16(17)14-7-3-2-4-8-14/h2-13,21H,1H3. The van der Waals surface area contributed by atoms with Crippen LogP contribution in [0.1, 0.15) is 0 Å². The van der Waals surface area contributed by atoms with Gasteiger partial charge in [0.2, 0.25) is 0 Å². The van der Waals surface area contributed by atoms with E-state index < -0.39 is 0 Å². The van der Waals surface area contributed by atoms with Crippen LogP contribution in [0.5, 0.6) is 5.75 Å². The highest BCUT2D eigenvalue weighted by molar-refractivity contribution is 6.31. The molecular weight excluding hydrogens is 294 g/mol. The van der Waals surface area contributed by atoms with E-state index in [4.69, 9.17) is 16.3 Å². The van der Waals surface area contributed by atoms with Gasteiger partial charge in [0, 0.05) is 16.3 Å². The first-order valence-corrected chi connectivity index (χ1v) is 7.41. The average Bonchev–Trinajstić information content (AvgIpc) is 2.56. The van der Waals surface area contributed by atoms with Gasteiger partial charge >= 0.3 is 0 Å². The van der Waals surface area contributed by atoms with Gasteiger partial charge in [-0.3, -0.25) is 0 Å². The van der Waals surface area contributed by atoms with Crippen LogP contribution in [0.3, 0.4) is 0 Å². The van der Waals surface area contributed by atoms with E-state index in [1.54, 1.807) is 7.11 Å². The van der Waals surface area contributed by atoms with E-state index in [-0.39, 0.29) is 0 Å². The molecule has 0 unspecified atom stereocenters. The Balaban J connectivity index is 2.02. The zero-order valence-electron chi connectivity index (χ0n) is 12.2. The summed E-state index contributed by atoms with van der Waals surface area (Å²) in [5.41, 5.74) is 4.14. The molecule has 3 aromatic carbocycles. The van der Waals surface area contributed by atoms with E-state index in [1.807, 2.05) is 54.6 Å². The predicted molar refractivity (Wildman–Crippen MR) is 93.2 cm³/mol. The maximum atomic E-state index is 6.10. The maximum absolute atomic E-state index is 6.10. The second-order valence-corrected chi connectivity index (χ2v) is 5.32. The first-order chi connectivity index (χ1) is 10.8. The molecule has 0 atom stereocenters. The number of hydrogen-bond acceptors (Lipinski definition) is 2. The van der Waals surface area contributed by atoms with Gasteiger partial charge in [-0.05, 0) is 29.8 Å². The lowest BCUT2D eigenvalue weighted by molar-refractivity contribution is 0.417. The fourth-order valence-corrected chi connectivity index (χ4v) is 2.56. The number of methoxy groups -OCH3 is 1. The van der Waals surface area contributed by atoms with Gasteiger partial charge in [0.25, 0.3) is 0 Å². The number of anilines is 2. The Morgan fingerprint density at radius 2 is 1.55 bits per heavy atom. The van der Waals surface area contributed by atoms with Crippen LogP contribution in [0.4, 0.5) is 11.4 Å². The number of benzene rings is 3. The van der Waals surface area contributed by atoms with Crippen LogP contribution in [0.25, 0.3) is 11.1 Å². The first-order valence-electron chi connectivity index (χ1n) is 7.03. The van der Waals surface area contributed by atoms with Crippen LogP contribution >= 0.6 is 11.6 Å². The molecule has 0 aliphatic rings. The Morgan fingerprint density at radius 3 is 2.32 bits per heavy atom. The molecule has 0 radical (unpaired) electrons. The van der Waals surface area contributed by atoms with Crippen molar-refractivity contribution < 1.29 is 4.74 Å². The smallest absolute Gasteiger partial charge is 0.142 e. The topological polar surface area (TPSA) is 21.3 Å². The second-order valence-electron chi connectivity index (χ2n) is 4.88. The molecule has 0 amide bonds. The van der Waals surface area contributed by atoms with Crippen LogP contribution in [0.15, 0.2) is 72.8 Å². The van der Waals surface area contributed by atoms with Crippen LogP contribution in [0.2, 0.25) is 5.02 Å². The lowest BCUT2D eigenvalue weighted by Gasteiger charge is -2.15. The number of ether oxygens (including phenoxy) is 1. The number of halogens is 1. The van der Waals surface area contributed by atoms with Crippen molar-refractivity contribution in [2.45, 2.75) is 0 Å². The van der Waals surface area contributed by atoms with E-state index in [0.717, 1.165) is 28.3 Å². The molecule has 1 N–H and O–H groups in total. The molecule has 0 aromatic heterocycles. The first kappa shape index (κ1) is 14.5. The van der Waals surface area contributed by atoms with E-state index in [1.165, 1.54) is 0 Å². The van der Waals surface area contributed by atoms with Gasteiger partial charge in [-0.2, -0.15) is 0 Å². The number of hydrogen-bond donors (Lipinski definition) is 1. The van der Waals surface area contributed by atoms with Crippen LogP contribution in [-0.4, -0.2) is 7.11 Å². The van der Waals surface area contributed by atoms with Crippen molar-refractivity contribution >= 4 is 23.0 Å². The largest absolute Gasteiger partial charge is 0.495 e. The molecule has 0 aliphatic heterocycles.